The van der Waals surface area contributed by atoms with Crippen molar-refractivity contribution in [3.05, 3.63) is 70.0 Å². The number of hydrogen-bond acceptors (Lipinski definition) is 5. The molecule has 3 aromatic heterocycles. The highest BCUT2D eigenvalue weighted by molar-refractivity contribution is 6.30. The van der Waals surface area contributed by atoms with Crippen LogP contribution < -0.4 is 0 Å². The number of hydrogen-bond donors (Lipinski definition) is 0. The Hall–Kier alpha value is -3.41. The number of aryl methyl sites for hydroxylation is 1. The van der Waals surface area contributed by atoms with E-state index in [0.29, 0.717) is 23.7 Å². The number of benzene rings is 1. The lowest BCUT2D eigenvalue weighted by Crippen LogP contribution is -2.04. The Balaban J connectivity index is 1.69. The summed E-state index contributed by atoms with van der Waals surface area (Å²) in [5.74, 6) is 7.32. The lowest BCUT2D eigenvalue weighted by Gasteiger charge is -2.09. The van der Waals surface area contributed by atoms with E-state index in [4.69, 9.17) is 16.3 Å². The van der Waals surface area contributed by atoms with Crippen LogP contribution in [0.4, 0.5) is 0 Å². The van der Waals surface area contributed by atoms with Crippen molar-refractivity contribution >= 4 is 11.6 Å². The number of rotatable bonds is 2. The average molecular weight is 420 g/mol. The first-order valence-electron chi connectivity index (χ1n) is 9.36. The fourth-order valence-electron chi connectivity index (χ4n) is 3.58. The third kappa shape index (κ3) is 2.91. The van der Waals surface area contributed by atoms with E-state index in [0.717, 1.165) is 40.0 Å². The van der Waals surface area contributed by atoms with Crippen molar-refractivity contribution in [3.8, 4) is 23.2 Å². The molecule has 0 N–H and O–H groups in total. The van der Waals surface area contributed by atoms with Crippen LogP contribution in [0.1, 0.15) is 34.3 Å². The second kappa shape index (κ2) is 7.13. The molecular weight excluding hydrogens is 402 g/mol. The molecule has 4 aromatic rings. The molecule has 5 rings (SSSR count). The van der Waals surface area contributed by atoms with E-state index in [-0.39, 0.29) is 0 Å². The van der Waals surface area contributed by atoms with Gasteiger partial charge in [-0.1, -0.05) is 16.8 Å². The maximum absolute atomic E-state index is 6.29. The zero-order valence-electron chi connectivity index (χ0n) is 16.7. The molecule has 1 aliphatic heterocycles. The maximum atomic E-state index is 6.29. The van der Waals surface area contributed by atoms with Crippen molar-refractivity contribution in [2.75, 3.05) is 7.11 Å². The van der Waals surface area contributed by atoms with Crippen LogP contribution >= 0.6 is 11.6 Å². The summed E-state index contributed by atoms with van der Waals surface area (Å²) in [7, 11) is 3.59. The number of methoxy groups -OCH3 is 1. The van der Waals surface area contributed by atoms with Crippen molar-refractivity contribution < 1.29 is 4.74 Å². The molecule has 0 saturated heterocycles. The van der Waals surface area contributed by atoms with E-state index in [1.165, 1.54) is 0 Å². The quantitative estimate of drug-likeness (QED) is 0.411. The predicted molar refractivity (Wildman–Crippen MR) is 111 cm³/mol. The van der Waals surface area contributed by atoms with Crippen LogP contribution in [0.5, 0.6) is 0 Å². The normalized spacial score (nSPS) is 11.9. The molecule has 0 radical (unpaired) electrons. The van der Waals surface area contributed by atoms with Crippen LogP contribution in [-0.2, 0) is 24.8 Å². The first-order chi connectivity index (χ1) is 14.6. The summed E-state index contributed by atoms with van der Waals surface area (Å²) in [4.78, 5) is 8.89. The van der Waals surface area contributed by atoms with E-state index in [1.54, 1.807) is 19.6 Å². The first-order valence-corrected chi connectivity index (χ1v) is 9.74. The second-order valence-corrected chi connectivity index (χ2v) is 7.48. The van der Waals surface area contributed by atoms with E-state index >= 15 is 0 Å². The minimum Gasteiger partial charge on any atom is -0.378 e. The van der Waals surface area contributed by atoms with E-state index in [9.17, 15) is 0 Å². The molecule has 0 aliphatic carbocycles. The van der Waals surface area contributed by atoms with Crippen LogP contribution in [0.25, 0.3) is 11.4 Å². The molecule has 4 heterocycles. The number of imidazole rings is 2. The molecule has 0 saturated carbocycles. The largest absolute Gasteiger partial charge is 0.378 e. The van der Waals surface area contributed by atoms with Crippen molar-refractivity contribution in [1.29, 1.82) is 0 Å². The monoisotopic (exact) mass is 419 g/mol. The van der Waals surface area contributed by atoms with Crippen molar-refractivity contribution in [2.45, 2.75) is 20.0 Å². The molecule has 0 bridgehead atoms. The predicted octanol–water partition coefficient (Wildman–Crippen LogP) is 2.60. The van der Waals surface area contributed by atoms with Crippen molar-refractivity contribution in [2.24, 2.45) is 7.05 Å². The number of fused-ring (bicyclic) bond motifs is 5. The lowest BCUT2D eigenvalue weighted by atomic mass is 10.1. The third-order valence-electron chi connectivity index (χ3n) is 5.28. The number of nitrogens with zero attached hydrogens (tertiary/aromatic N) is 7. The van der Waals surface area contributed by atoms with Crippen molar-refractivity contribution in [3.63, 3.8) is 0 Å². The summed E-state index contributed by atoms with van der Waals surface area (Å²) in [6.45, 7) is 2.32. The molecule has 30 heavy (non-hydrogen) atoms. The fraction of sp³-hybridized carbons (Fsp3) is 0.238. The molecule has 1 aliphatic rings. The minimum absolute atomic E-state index is 0.370. The number of halogens is 1. The van der Waals surface area contributed by atoms with Gasteiger partial charge in [0.25, 0.3) is 0 Å². The zero-order chi connectivity index (χ0) is 20.8. The molecule has 0 atom stereocenters. The van der Waals surface area contributed by atoms with Gasteiger partial charge in [-0.15, -0.1) is 5.10 Å². The smallest absolute Gasteiger partial charge is 0.135 e. The van der Waals surface area contributed by atoms with Gasteiger partial charge in [0.05, 0.1) is 35.6 Å². The van der Waals surface area contributed by atoms with Gasteiger partial charge in [0.15, 0.2) is 0 Å². The summed E-state index contributed by atoms with van der Waals surface area (Å²) in [6.07, 6.45) is 4.12. The van der Waals surface area contributed by atoms with E-state index < -0.39 is 0 Å². The summed E-state index contributed by atoms with van der Waals surface area (Å²) in [5.41, 5.74) is 5.96. The van der Waals surface area contributed by atoms with Crippen LogP contribution in [0.2, 0.25) is 5.02 Å². The van der Waals surface area contributed by atoms with Gasteiger partial charge < -0.3 is 9.30 Å². The molecule has 0 unspecified atom stereocenters. The van der Waals surface area contributed by atoms with Gasteiger partial charge in [0.2, 0.25) is 0 Å². The Labute approximate surface area is 178 Å². The van der Waals surface area contributed by atoms with Crippen LogP contribution in [0, 0.1) is 18.8 Å². The van der Waals surface area contributed by atoms with Gasteiger partial charge in [-0.25, -0.2) is 14.6 Å². The SMILES string of the molecule is COCc1nnn2c1Cc1c(C#Cc3cnc(C)n3C)ncn1-c1ccc(Cl)cc1-2. The first kappa shape index (κ1) is 18.6. The summed E-state index contributed by atoms with van der Waals surface area (Å²) < 4.78 is 11.1. The van der Waals surface area contributed by atoms with Crippen molar-refractivity contribution in [1.82, 2.24) is 34.1 Å². The molecular formula is C21H18ClN7O. The Morgan fingerprint density at radius 2 is 2.03 bits per heavy atom. The standard InChI is InChI=1S/C21H18ClN7O/c1-13-23-10-15(27(13)2)5-6-16-19-9-20-17(11-30-3)25-26-29(20)21-8-14(22)4-7-18(21)28(19)12-24-16/h4,7-8,10,12H,9,11H2,1-3H3. The van der Waals surface area contributed by atoms with Gasteiger partial charge >= 0.3 is 0 Å². The Morgan fingerprint density at radius 3 is 2.80 bits per heavy atom. The highest BCUT2D eigenvalue weighted by Gasteiger charge is 2.26. The molecule has 0 spiro atoms. The van der Waals surface area contributed by atoms with Crippen LogP contribution in [-0.4, -0.2) is 41.2 Å². The fourth-order valence-corrected chi connectivity index (χ4v) is 3.74. The highest BCUT2D eigenvalue weighted by atomic mass is 35.5. The van der Waals surface area contributed by atoms with Gasteiger partial charge in [0, 0.05) is 25.6 Å². The van der Waals surface area contributed by atoms with E-state index in [1.807, 2.05) is 46.0 Å². The lowest BCUT2D eigenvalue weighted by molar-refractivity contribution is 0.180. The van der Waals surface area contributed by atoms with Gasteiger partial charge in [0.1, 0.15) is 29.2 Å². The summed E-state index contributed by atoms with van der Waals surface area (Å²) >= 11 is 6.29. The third-order valence-corrected chi connectivity index (χ3v) is 5.52. The van der Waals surface area contributed by atoms with Crippen LogP contribution in [0.15, 0.2) is 30.7 Å². The summed E-state index contributed by atoms with van der Waals surface area (Å²) in [5, 5.41) is 9.31. The minimum atomic E-state index is 0.370. The highest BCUT2D eigenvalue weighted by Crippen LogP contribution is 2.31. The average Bonchev–Trinajstić information content (AvgIpc) is 3.38. The molecule has 8 nitrogen and oxygen atoms in total. The molecule has 0 fully saturated rings. The topological polar surface area (TPSA) is 75.6 Å². The maximum Gasteiger partial charge on any atom is 0.135 e. The number of ether oxygens (including phenoxy) is 1. The summed E-state index contributed by atoms with van der Waals surface area (Å²) in [6, 6.07) is 5.69. The molecule has 1 aromatic carbocycles. The van der Waals surface area contributed by atoms with Gasteiger partial charge in [-0.2, -0.15) is 0 Å². The van der Waals surface area contributed by atoms with Crippen LogP contribution in [0.3, 0.4) is 0 Å². The Bertz CT molecular complexity index is 1340. The van der Waals surface area contributed by atoms with Gasteiger partial charge in [-0.05, 0) is 37.0 Å². The molecule has 9 heteroatoms. The zero-order valence-corrected chi connectivity index (χ0v) is 17.5. The van der Waals surface area contributed by atoms with E-state index in [2.05, 4.69) is 32.1 Å². The Kier molecular flexibility index (Phi) is 4.42. The second-order valence-electron chi connectivity index (χ2n) is 7.05. The Morgan fingerprint density at radius 1 is 1.17 bits per heavy atom. The number of aromatic nitrogens is 7. The molecule has 150 valence electrons. The van der Waals surface area contributed by atoms with Gasteiger partial charge in [-0.3, -0.25) is 4.57 Å². The molecule has 0 amide bonds.